The minimum Gasteiger partial charge on any atom is -0.467 e. The summed E-state index contributed by atoms with van der Waals surface area (Å²) in [4.78, 5) is 34.4. The fraction of sp³-hybridized carbons (Fsp3) is 0.643. The maximum Gasteiger partial charge on any atom is 0.407 e. The first kappa shape index (κ1) is 18.1. The van der Waals surface area contributed by atoms with Crippen molar-refractivity contribution in [3.05, 3.63) is 12.7 Å². The number of alkyl carbamates (subject to hydrolysis) is 1. The third kappa shape index (κ3) is 8.29. The van der Waals surface area contributed by atoms with Crippen molar-refractivity contribution in [1.82, 2.24) is 5.32 Å². The number of unbranched alkanes of at least 4 members (excludes halogenated alkanes) is 1. The molecule has 0 aromatic carbocycles. The molecule has 0 radical (unpaired) electrons. The van der Waals surface area contributed by atoms with E-state index in [0.717, 1.165) is 12.8 Å². The normalized spacial score (nSPS) is 11.3. The van der Waals surface area contributed by atoms with E-state index in [9.17, 15) is 14.4 Å². The quantitative estimate of drug-likeness (QED) is 0.377. The topological polar surface area (TPSA) is 81.7 Å². The Morgan fingerprint density at radius 3 is 2.55 bits per heavy atom. The van der Waals surface area contributed by atoms with Crippen LogP contribution in [0.5, 0.6) is 0 Å². The monoisotopic (exact) mass is 285 g/mol. The van der Waals surface area contributed by atoms with E-state index in [4.69, 9.17) is 4.74 Å². The van der Waals surface area contributed by atoms with E-state index in [1.807, 2.05) is 0 Å². The zero-order chi connectivity index (χ0) is 15.4. The van der Waals surface area contributed by atoms with Gasteiger partial charge in [-0.25, -0.2) is 9.59 Å². The first-order valence-electron chi connectivity index (χ1n) is 6.68. The Labute approximate surface area is 119 Å². The molecule has 0 saturated carbocycles. The van der Waals surface area contributed by atoms with Crippen LogP contribution in [0.3, 0.4) is 0 Å². The highest BCUT2D eigenvalue weighted by atomic mass is 16.6. The van der Waals surface area contributed by atoms with Crippen LogP contribution in [0.2, 0.25) is 0 Å². The maximum atomic E-state index is 11.6. The minimum absolute atomic E-state index is 0.0476. The van der Waals surface area contributed by atoms with Gasteiger partial charge >= 0.3 is 12.1 Å². The molecule has 0 bridgehead atoms. The van der Waals surface area contributed by atoms with Crippen molar-refractivity contribution in [2.75, 3.05) is 13.7 Å². The first-order chi connectivity index (χ1) is 9.54. The van der Waals surface area contributed by atoms with E-state index < -0.39 is 18.1 Å². The molecule has 0 heterocycles. The lowest BCUT2D eigenvalue weighted by Crippen LogP contribution is -2.42. The average Bonchev–Trinajstić information content (AvgIpc) is 2.43. The number of methoxy groups -OCH3 is 1. The van der Waals surface area contributed by atoms with Crippen LogP contribution in [0.25, 0.3) is 0 Å². The summed E-state index contributed by atoms with van der Waals surface area (Å²) in [5, 5.41) is 2.39. The maximum absolute atomic E-state index is 11.6. The Morgan fingerprint density at radius 1 is 1.30 bits per heavy atom. The number of esters is 1. The number of hydrogen-bond donors (Lipinski definition) is 1. The van der Waals surface area contributed by atoms with Gasteiger partial charge in [-0.3, -0.25) is 4.79 Å². The average molecular weight is 285 g/mol. The van der Waals surface area contributed by atoms with Gasteiger partial charge in [-0.2, -0.15) is 0 Å². The van der Waals surface area contributed by atoms with E-state index in [-0.39, 0.29) is 25.2 Å². The molecule has 114 valence electrons. The number of ketones is 1. The van der Waals surface area contributed by atoms with Crippen molar-refractivity contribution in [2.24, 2.45) is 0 Å². The SMILES string of the molecule is C=CCCCC(=O)CC[C@H](NC(=O)OCC)C(=O)OC. The molecule has 20 heavy (non-hydrogen) atoms. The molecule has 0 rings (SSSR count). The molecule has 0 aliphatic heterocycles. The van der Waals surface area contributed by atoms with E-state index >= 15 is 0 Å². The predicted molar refractivity (Wildman–Crippen MR) is 74.3 cm³/mol. The zero-order valence-electron chi connectivity index (χ0n) is 12.1. The number of rotatable bonds is 10. The van der Waals surface area contributed by atoms with E-state index in [0.29, 0.717) is 6.42 Å². The third-order valence-corrected chi connectivity index (χ3v) is 2.63. The summed E-state index contributed by atoms with van der Waals surface area (Å²) in [5.74, 6) is -0.539. The van der Waals surface area contributed by atoms with Crippen LogP contribution in [0.15, 0.2) is 12.7 Å². The van der Waals surface area contributed by atoms with Crippen LogP contribution >= 0.6 is 0 Å². The Kier molecular flexibility index (Phi) is 10.00. The van der Waals surface area contributed by atoms with Gasteiger partial charge in [0.15, 0.2) is 0 Å². The number of ether oxygens (including phenoxy) is 2. The van der Waals surface area contributed by atoms with Gasteiger partial charge in [0.1, 0.15) is 11.8 Å². The van der Waals surface area contributed by atoms with Crippen LogP contribution in [0.1, 0.15) is 39.0 Å². The molecular weight excluding hydrogens is 262 g/mol. The van der Waals surface area contributed by atoms with Gasteiger partial charge < -0.3 is 14.8 Å². The van der Waals surface area contributed by atoms with Crippen molar-refractivity contribution < 1.29 is 23.9 Å². The number of allylic oxidation sites excluding steroid dienone is 1. The number of nitrogens with one attached hydrogen (secondary N) is 1. The second-order valence-electron chi connectivity index (χ2n) is 4.20. The van der Waals surface area contributed by atoms with Gasteiger partial charge in [-0.05, 0) is 26.2 Å². The third-order valence-electron chi connectivity index (χ3n) is 2.63. The highest BCUT2D eigenvalue weighted by molar-refractivity contribution is 5.83. The van der Waals surface area contributed by atoms with Gasteiger partial charge in [0, 0.05) is 12.8 Å². The van der Waals surface area contributed by atoms with Gasteiger partial charge in [-0.1, -0.05) is 6.08 Å². The summed E-state index contributed by atoms with van der Waals surface area (Å²) in [6, 6.07) is -0.859. The summed E-state index contributed by atoms with van der Waals surface area (Å²) < 4.78 is 9.29. The van der Waals surface area contributed by atoms with Crippen LogP contribution < -0.4 is 5.32 Å². The molecule has 6 nitrogen and oxygen atoms in total. The lowest BCUT2D eigenvalue weighted by atomic mass is 10.1. The number of Topliss-reactive ketones (excluding diaryl/α,β-unsaturated/α-hetero) is 1. The molecule has 1 amide bonds. The fourth-order valence-electron chi connectivity index (χ4n) is 1.58. The smallest absolute Gasteiger partial charge is 0.407 e. The van der Waals surface area contributed by atoms with Gasteiger partial charge in [0.25, 0.3) is 0 Å². The Bertz CT molecular complexity index is 340. The van der Waals surface area contributed by atoms with E-state index in [1.165, 1.54) is 7.11 Å². The van der Waals surface area contributed by atoms with Crippen molar-refractivity contribution in [3.63, 3.8) is 0 Å². The van der Waals surface area contributed by atoms with Gasteiger partial charge in [0.05, 0.1) is 13.7 Å². The van der Waals surface area contributed by atoms with Crippen molar-refractivity contribution >= 4 is 17.8 Å². The second kappa shape index (κ2) is 11.0. The second-order valence-corrected chi connectivity index (χ2v) is 4.20. The minimum atomic E-state index is -0.859. The molecule has 0 saturated heterocycles. The number of carbonyl (C=O) groups is 3. The summed E-state index contributed by atoms with van der Waals surface area (Å²) in [6.45, 7) is 5.45. The van der Waals surface area contributed by atoms with Crippen molar-refractivity contribution in [2.45, 2.75) is 45.1 Å². The van der Waals surface area contributed by atoms with Crippen LogP contribution in [0, 0.1) is 0 Å². The lowest BCUT2D eigenvalue weighted by Gasteiger charge is -2.15. The fourth-order valence-corrected chi connectivity index (χ4v) is 1.58. The predicted octanol–water partition coefficient (Wildman–Crippen LogP) is 1.98. The van der Waals surface area contributed by atoms with Crippen molar-refractivity contribution in [3.8, 4) is 0 Å². The molecule has 1 N–H and O–H groups in total. The number of carbonyl (C=O) groups excluding carboxylic acids is 3. The molecule has 6 heteroatoms. The molecule has 0 aliphatic rings. The lowest BCUT2D eigenvalue weighted by molar-refractivity contribution is -0.143. The standard InChI is InChI=1S/C14H23NO5/c1-4-6-7-8-11(16)9-10-12(13(17)19-3)15-14(18)20-5-2/h4,12H,1,5-10H2,2-3H3,(H,15,18)/t12-/m0/s1. The summed E-state index contributed by atoms with van der Waals surface area (Å²) in [5.41, 5.74) is 0. The first-order valence-corrected chi connectivity index (χ1v) is 6.68. The highest BCUT2D eigenvalue weighted by Crippen LogP contribution is 2.06. The molecule has 0 fully saturated rings. The Balaban J connectivity index is 4.22. The van der Waals surface area contributed by atoms with Gasteiger partial charge in [0.2, 0.25) is 0 Å². The van der Waals surface area contributed by atoms with Gasteiger partial charge in [-0.15, -0.1) is 6.58 Å². The van der Waals surface area contributed by atoms with E-state index in [1.54, 1.807) is 13.0 Å². The Morgan fingerprint density at radius 2 is 2.00 bits per heavy atom. The highest BCUT2D eigenvalue weighted by Gasteiger charge is 2.22. The van der Waals surface area contributed by atoms with Crippen molar-refractivity contribution in [1.29, 1.82) is 0 Å². The summed E-state index contributed by atoms with van der Waals surface area (Å²) in [6.07, 6.45) is 3.46. The molecular formula is C14H23NO5. The number of amides is 1. The molecule has 0 aromatic rings. The molecule has 0 aliphatic carbocycles. The van der Waals surface area contributed by atoms with Crippen LogP contribution in [-0.2, 0) is 19.1 Å². The molecule has 0 aromatic heterocycles. The molecule has 1 atom stereocenters. The zero-order valence-corrected chi connectivity index (χ0v) is 12.1. The Hall–Kier alpha value is -1.85. The molecule has 0 unspecified atom stereocenters. The summed E-state index contributed by atoms with van der Waals surface area (Å²) in [7, 11) is 1.23. The van der Waals surface area contributed by atoms with Crippen LogP contribution in [0.4, 0.5) is 4.79 Å². The largest absolute Gasteiger partial charge is 0.467 e. The molecule has 0 spiro atoms. The van der Waals surface area contributed by atoms with Crippen LogP contribution in [-0.4, -0.2) is 37.6 Å². The number of hydrogen-bond acceptors (Lipinski definition) is 5. The summed E-state index contributed by atoms with van der Waals surface area (Å²) >= 11 is 0. The van der Waals surface area contributed by atoms with E-state index in [2.05, 4.69) is 16.6 Å².